The van der Waals surface area contributed by atoms with E-state index >= 15 is 0 Å². The number of halogens is 3. The molecule has 3 aliphatic heterocycles. The van der Waals surface area contributed by atoms with Gasteiger partial charge in [0.15, 0.2) is 0 Å². The Bertz CT molecular complexity index is 757. The van der Waals surface area contributed by atoms with Crippen molar-refractivity contribution in [3.05, 3.63) is 0 Å². The number of nitrogens with one attached hydrogen (secondary N) is 3. The molecule has 0 aromatic carbocycles. The third kappa shape index (κ3) is 5.35. The maximum Gasteiger partial charge on any atom is 0.307 e. The fraction of sp³-hybridized carbons (Fsp3) is 1.00. The molecule has 7 atom stereocenters. The lowest BCUT2D eigenvalue weighted by Crippen LogP contribution is -2.64. The van der Waals surface area contributed by atoms with Crippen molar-refractivity contribution in [1.29, 1.82) is 0 Å². The first-order valence-electron chi connectivity index (χ1n) is 11.9. The summed E-state index contributed by atoms with van der Waals surface area (Å²) in [5.41, 5.74) is 2.52. The Hall–Kier alpha value is -0.540. The van der Waals surface area contributed by atoms with Crippen LogP contribution >= 0.6 is 0 Å². The molecule has 4 rings (SSSR count). The average Bonchev–Trinajstić information content (AvgIpc) is 3.21. The minimum atomic E-state index is -3.70. The predicted octanol–water partition coefficient (Wildman–Crippen LogP) is 0.122. The molecule has 3 heterocycles. The van der Waals surface area contributed by atoms with E-state index in [1.807, 2.05) is 0 Å². The van der Waals surface area contributed by atoms with Gasteiger partial charge in [-0.15, -0.1) is 0 Å². The zero-order chi connectivity index (χ0) is 23.8. The third-order valence-corrected chi connectivity index (χ3v) is 10.3. The highest BCUT2D eigenvalue weighted by Gasteiger charge is 2.46. The third-order valence-electron chi connectivity index (χ3n) is 7.89. The minimum Gasteiger partial charge on any atom is -0.381 e. The fourth-order valence-corrected chi connectivity index (χ4v) is 7.88. The summed E-state index contributed by atoms with van der Waals surface area (Å²) in [5.74, 6) is 0.110. The van der Waals surface area contributed by atoms with Gasteiger partial charge in [0.1, 0.15) is 11.4 Å². The Morgan fingerprint density at radius 2 is 1.79 bits per heavy atom. The Balaban J connectivity index is 1.33. The average molecular weight is 499 g/mol. The number of hydrazine groups is 1. The molecule has 3 N–H and O–H groups in total. The van der Waals surface area contributed by atoms with Gasteiger partial charge in [0.2, 0.25) is 10.0 Å². The van der Waals surface area contributed by atoms with Crippen LogP contribution in [0, 0.1) is 5.92 Å². The number of hydrogen-bond acceptors (Lipinski definition) is 8. The van der Waals surface area contributed by atoms with Crippen molar-refractivity contribution >= 4 is 10.0 Å². The van der Waals surface area contributed by atoms with Crippen LogP contribution < -0.4 is 16.1 Å². The van der Waals surface area contributed by atoms with E-state index in [0.29, 0.717) is 45.7 Å². The molecule has 3 saturated heterocycles. The molecule has 33 heavy (non-hydrogen) atoms. The molecule has 1 saturated carbocycles. The normalized spacial score (nSPS) is 40.5. The molecular weight excluding hydrogens is 461 g/mol. The number of sulfonamides is 1. The van der Waals surface area contributed by atoms with E-state index in [1.165, 1.54) is 11.2 Å². The number of methoxy groups -OCH3 is 1. The molecule has 0 bridgehead atoms. The highest BCUT2D eigenvalue weighted by Crippen LogP contribution is 2.33. The smallest absolute Gasteiger partial charge is 0.307 e. The zero-order valence-corrected chi connectivity index (χ0v) is 20.1. The van der Waals surface area contributed by atoms with Crippen molar-refractivity contribution in [3.8, 4) is 0 Å². The summed E-state index contributed by atoms with van der Waals surface area (Å²) in [4.78, 5) is 2.24. The number of alkyl halides is 3. The van der Waals surface area contributed by atoms with E-state index in [2.05, 4.69) is 21.0 Å². The first-order valence-corrected chi connectivity index (χ1v) is 13.4. The summed E-state index contributed by atoms with van der Waals surface area (Å²) in [5, 5.41) is 6.74. The van der Waals surface area contributed by atoms with Crippen molar-refractivity contribution < 1.29 is 26.3 Å². The molecule has 7 unspecified atom stereocenters. The highest BCUT2D eigenvalue weighted by molar-refractivity contribution is 7.89. The Morgan fingerprint density at radius 1 is 1.06 bits per heavy atom. The van der Waals surface area contributed by atoms with Crippen LogP contribution in [0.25, 0.3) is 0 Å². The first kappa shape index (κ1) is 25.5. The van der Waals surface area contributed by atoms with Crippen molar-refractivity contribution in [2.24, 2.45) is 5.92 Å². The maximum atomic E-state index is 14.1. The summed E-state index contributed by atoms with van der Waals surface area (Å²) >= 11 is 0. The molecule has 0 amide bonds. The molecule has 0 spiro atoms. The van der Waals surface area contributed by atoms with E-state index < -0.39 is 34.0 Å². The van der Waals surface area contributed by atoms with Gasteiger partial charge in [-0.05, 0) is 32.6 Å². The van der Waals surface area contributed by atoms with Crippen LogP contribution in [-0.4, -0.2) is 111 Å². The number of nitrogens with zero attached hydrogens (tertiary/aromatic N) is 3. The monoisotopic (exact) mass is 498 g/mol. The molecule has 4 fully saturated rings. The second-order valence-electron chi connectivity index (χ2n) is 9.60. The van der Waals surface area contributed by atoms with Crippen LogP contribution in [0.4, 0.5) is 13.2 Å². The van der Waals surface area contributed by atoms with E-state index in [4.69, 9.17) is 4.74 Å². The molecule has 192 valence electrons. The zero-order valence-electron chi connectivity index (χ0n) is 19.3. The second-order valence-corrected chi connectivity index (χ2v) is 11.7. The Labute approximate surface area is 194 Å². The van der Waals surface area contributed by atoms with E-state index in [1.54, 1.807) is 7.11 Å². The lowest BCUT2D eigenvalue weighted by molar-refractivity contribution is -0.0605. The van der Waals surface area contributed by atoms with Gasteiger partial charge < -0.3 is 10.1 Å². The van der Waals surface area contributed by atoms with Crippen LogP contribution in [0.5, 0.6) is 0 Å². The molecule has 4 aliphatic rings. The quantitative estimate of drug-likeness (QED) is 0.446. The van der Waals surface area contributed by atoms with Crippen molar-refractivity contribution in [3.63, 3.8) is 0 Å². The van der Waals surface area contributed by atoms with Crippen LogP contribution in [0.2, 0.25) is 0 Å². The topological polar surface area (TPSA) is 89.2 Å². The highest BCUT2D eigenvalue weighted by atomic mass is 32.2. The minimum absolute atomic E-state index is 0.0107. The van der Waals surface area contributed by atoms with Crippen molar-refractivity contribution in [1.82, 2.24) is 30.3 Å². The lowest BCUT2D eigenvalue weighted by atomic mass is 9.78. The molecule has 0 aromatic rings. The lowest BCUT2D eigenvalue weighted by Gasteiger charge is -2.46. The Morgan fingerprint density at radius 3 is 2.42 bits per heavy atom. The molecule has 0 aromatic heterocycles. The van der Waals surface area contributed by atoms with Crippen molar-refractivity contribution in [2.45, 2.75) is 74.9 Å². The summed E-state index contributed by atoms with van der Waals surface area (Å²) in [7, 11) is -2.01. The summed E-state index contributed by atoms with van der Waals surface area (Å²) in [6, 6.07) is -0.671. The van der Waals surface area contributed by atoms with Gasteiger partial charge in [-0.3, -0.25) is 10.2 Å². The number of rotatable bonds is 6. The number of piperazine rings is 1. The van der Waals surface area contributed by atoms with E-state index in [0.717, 1.165) is 17.9 Å². The first-order chi connectivity index (χ1) is 15.7. The standard InChI is InChI=1S/C20H37F3N6O3S/c1-13-18(11-26-29(13)20(22)23)33(30,31)28-7-5-27(6-8-28)19-10-16(24-12-25-19)15-9-14(21)3-4-17(15)32-2/h13-20,24-26H,3-12H2,1-2H3. The molecule has 13 heteroatoms. The van der Waals surface area contributed by atoms with Gasteiger partial charge in [-0.25, -0.2) is 18.2 Å². The number of hydrogen-bond donors (Lipinski definition) is 3. The molecule has 1 aliphatic carbocycles. The van der Waals surface area contributed by atoms with Gasteiger partial charge in [0.05, 0.1) is 12.3 Å². The van der Waals surface area contributed by atoms with Gasteiger partial charge in [-0.2, -0.15) is 18.1 Å². The van der Waals surface area contributed by atoms with Crippen LogP contribution in [0.3, 0.4) is 0 Å². The van der Waals surface area contributed by atoms with Gasteiger partial charge in [-0.1, -0.05) is 0 Å². The van der Waals surface area contributed by atoms with Crippen LogP contribution in [0.1, 0.15) is 32.6 Å². The van der Waals surface area contributed by atoms with Crippen molar-refractivity contribution in [2.75, 3.05) is 46.5 Å². The Kier molecular flexibility index (Phi) is 8.21. The van der Waals surface area contributed by atoms with Gasteiger partial charge in [0.25, 0.3) is 0 Å². The van der Waals surface area contributed by atoms with E-state index in [-0.39, 0.29) is 30.8 Å². The number of ether oxygens (including phenoxy) is 1. The maximum absolute atomic E-state index is 14.1. The van der Waals surface area contributed by atoms with Gasteiger partial charge >= 0.3 is 6.55 Å². The predicted molar refractivity (Wildman–Crippen MR) is 118 cm³/mol. The van der Waals surface area contributed by atoms with E-state index in [9.17, 15) is 21.6 Å². The molecule has 9 nitrogen and oxygen atoms in total. The molecule has 0 radical (unpaired) electrons. The molecular formula is C20H37F3N6O3S. The van der Waals surface area contributed by atoms with Crippen LogP contribution in [-0.2, 0) is 14.8 Å². The van der Waals surface area contributed by atoms with Gasteiger partial charge in [0, 0.05) is 64.5 Å². The SMILES string of the molecule is COC1CCC(F)CC1C1CC(N2CCN(S(=O)(=O)C3CNN(C(F)F)C3C)CC2)NCN1. The summed E-state index contributed by atoms with van der Waals surface area (Å²) < 4.78 is 73.6. The summed E-state index contributed by atoms with van der Waals surface area (Å²) in [6.45, 7) is 1.13. The second kappa shape index (κ2) is 10.6. The summed E-state index contributed by atoms with van der Waals surface area (Å²) in [6.07, 6.45) is 1.88. The largest absolute Gasteiger partial charge is 0.381 e. The fourth-order valence-electron chi connectivity index (χ4n) is 5.91. The van der Waals surface area contributed by atoms with Crippen LogP contribution in [0.15, 0.2) is 0 Å².